The van der Waals surface area contributed by atoms with E-state index < -0.39 is 5.82 Å². The lowest BCUT2D eigenvalue weighted by molar-refractivity contribution is 0.0729. The third-order valence-electron chi connectivity index (χ3n) is 4.26. The minimum absolute atomic E-state index is 0.0756. The maximum Gasteiger partial charge on any atom is 0.257 e. The van der Waals surface area contributed by atoms with Crippen molar-refractivity contribution >= 4 is 5.91 Å². The van der Waals surface area contributed by atoms with Gasteiger partial charge in [0.1, 0.15) is 11.6 Å². The van der Waals surface area contributed by atoms with Crippen LogP contribution >= 0.6 is 0 Å². The summed E-state index contributed by atoms with van der Waals surface area (Å²) in [4.78, 5) is 14.5. The number of aromatic nitrogens is 1. The number of aryl methyl sites for hydroxylation is 2. The second-order valence-electron chi connectivity index (χ2n) is 5.59. The van der Waals surface area contributed by atoms with Crippen LogP contribution in [-0.2, 0) is 6.42 Å². The molecule has 1 fully saturated rings. The van der Waals surface area contributed by atoms with E-state index >= 15 is 0 Å². The van der Waals surface area contributed by atoms with Crippen LogP contribution in [0.5, 0.6) is 0 Å². The van der Waals surface area contributed by atoms with Gasteiger partial charge in [-0.05, 0) is 31.9 Å². The molecule has 1 atom stereocenters. The zero-order valence-electron chi connectivity index (χ0n) is 12.8. The van der Waals surface area contributed by atoms with Gasteiger partial charge in [0.25, 0.3) is 5.91 Å². The molecule has 3 rings (SSSR count). The second-order valence-corrected chi connectivity index (χ2v) is 5.59. The third kappa shape index (κ3) is 2.40. The van der Waals surface area contributed by atoms with E-state index in [1.807, 2.05) is 13.8 Å². The van der Waals surface area contributed by atoms with Crippen molar-refractivity contribution in [2.45, 2.75) is 39.2 Å². The van der Waals surface area contributed by atoms with Gasteiger partial charge in [-0.1, -0.05) is 24.2 Å². The van der Waals surface area contributed by atoms with Gasteiger partial charge in [0.2, 0.25) is 0 Å². The van der Waals surface area contributed by atoms with Crippen LogP contribution in [0.2, 0.25) is 0 Å². The smallest absolute Gasteiger partial charge is 0.257 e. The molecule has 1 aromatic heterocycles. The maximum atomic E-state index is 13.9. The average molecular weight is 302 g/mol. The summed E-state index contributed by atoms with van der Waals surface area (Å²) in [6.45, 7) is 4.52. The SMILES string of the molecule is CCc1onc(C)c1[C@@H]1CCCN1C(=O)c1ccccc1F. The molecule has 116 valence electrons. The zero-order valence-corrected chi connectivity index (χ0v) is 12.8. The van der Waals surface area contributed by atoms with Crippen molar-refractivity contribution in [3.05, 3.63) is 52.7 Å². The Morgan fingerprint density at radius 3 is 2.95 bits per heavy atom. The Kier molecular flexibility index (Phi) is 3.96. The van der Waals surface area contributed by atoms with E-state index in [4.69, 9.17) is 4.52 Å². The van der Waals surface area contributed by atoms with Crippen LogP contribution in [0, 0.1) is 12.7 Å². The zero-order chi connectivity index (χ0) is 15.7. The molecule has 22 heavy (non-hydrogen) atoms. The van der Waals surface area contributed by atoms with Crippen LogP contribution in [0.4, 0.5) is 4.39 Å². The summed E-state index contributed by atoms with van der Waals surface area (Å²) < 4.78 is 19.3. The number of hydrogen-bond acceptors (Lipinski definition) is 3. The van der Waals surface area contributed by atoms with Crippen molar-refractivity contribution in [2.75, 3.05) is 6.54 Å². The van der Waals surface area contributed by atoms with Gasteiger partial charge in [0, 0.05) is 18.5 Å². The number of halogens is 1. The Balaban J connectivity index is 1.95. The van der Waals surface area contributed by atoms with E-state index in [-0.39, 0.29) is 17.5 Å². The molecular weight excluding hydrogens is 283 g/mol. The maximum absolute atomic E-state index is 13.9. The summed E-state index contributed by atoms with van der Waals surface area (Å²) in [6.07, 6.45) is 2.49. The molecule has 1 saturated heterocycles. The summed E-state index contributed by atoms with van der Waals surface area (Å²) in [6, 6.07) is 6.05. The molecule has 0 radical (unpaired) electrons. The summed E-state index contributed by atoms with van der Waals surface area (Å²) >= 11 is 0. The molecule has 0 N–H and O–H groups in total. The predicted molar refractivity (Wildman–Crippen MR) is 80.0 cm³/mol. The quantitative estimate of drug-likeness (QED) is 0.869. The molecule has 1 aliphatic rings. The standard InChI is InChI=1S/C17H19FN2O2/c1-3-15-16(11(2)19-22-15)14-9-6-10-20(14)17(21)12-7-4-5-8-13(12)18/h4-5,7-8,14H,3,6,9-10H2,1-2H3/t14-/m0/s1. The van der Waals surface area contributed by atoms with Crippen molar-refractivity contribution in [3.63, 3.8) is 0 Å². The van der Waals surface area contributed by atoms with Crippen LogP contribution in [0.1, 0.15) is 53.2 Å². The van der Waals surface area contributed by atoms with Crippen molar-refractivity contribution in [1.29, 1.82) is 0 Å². The highest BCUT2D eigenvalue weighted by molar-refractivity contribution is 5.95. The highest BCUT2D eigenvalue weighted by Crippen LogP contribution is 2.37. The van der Waals surface area contributed by atoms with Crippen LogP contribution in [0.3, 0.4) is 0 Å². The van der Waals surface area contributed by atoms with Crippen molar-refractivity contribution in [2.24, 2.45) is 0 Å². The Morgan fingerprint density at radius 2 is 2.23 bits per heavy atom. The van der Waals surface area contributed by atoms with E-state index in [0.717, 1.165) is 36.3 Å². The molecule has 0 spiro atoms. The van der Waals surface area contributed by atoms with Crippen LogP contribution in [0.25, 0.3) is 0 Å². The van der Waals surface area contributed by atoms with Crippen LogP contribution in [-0.4, -0.2) is 22.5 Å². The van der Waals surface area contributed by atoms with Gasteiger partial charge in [-0.3, -0.25) is 4.79 Å². The first-order chi connectivity index (χ1) is 10.6. The van der Waals surface area contributed by atoms with Gasteiger partial charge in [-0.2, -0.15) is 0 Å². The fraction of sp³-hybridized carbons (Fsp3) is 0.412. The molecule has 0 bridgehead atoms. The predicted octanol–water partition coefficient (Wildman–Crippen LogP) is 3.66. The number of rotatable bonds is 3. The third-order valence-corrected chi connectivity index (χ3v) is 4.26. The molecular formula is C17H19FN2O2. The minimum Gasteiger partial charge on any atom is -0.361 e. The van der Waals surface area contributed by atoms with Gasteiger partial charge in [0.15, 0.2) is 0 Å². The van der Waals surface area contributed by atoms with Crippen LogP contribution < -0.4 is 0 Å². The van der Waals surface area contributed by atoms with E-state index in [9.17, 15) is 9.18 Å². The van der Waals surface area contributed by atoms with Gasteiger partial charge >= 0.3 is 0 Å². The Bertz CT molecular complexity index is 696. The van der Waals surface area contributed by atoms with Gasteiger partial charge in [-0.15, -0.1) is 0 Å². The molecule has 5 heteroatoms. The van der Waals surface area contributed by atoms with Gasteiger partial charge in [-0.25, -0.2) is 4.39 Å². The molecule has 1 aromatic carbocycles. The highest BCUT2D eigenvalue weighted by atomic mass is 19.1. The Labute approximate surface area is 128 Å². The van der Waals surface area contributed by atoms with Gasteiger partial charge < -0.3 is 9.42 Å². The number of carbonyl (C=O) groups excluding carboxylic acids is 1. The van der Waals surface area contributed by atoms with E-state index in [1.54, 1.807) is 17.0 Å². The lowest BCUT2D eigenvalue weighted by Crippen LogP contribution is -2.31. The summed E-state index contributed by atoms with van der Waals surface area (Å²) in [5, 5.41) is 4.03. The number of likely N-dealkylation sites (tertiary alicyclic amines) is 1. The number of benzene rings is 1. The topological polar surface area (TPSA) is 46.3 Å². The molecule has 0 saturated carbocycles. The first kappa shape index (κ1) is 14.8. The normalized spacial score (nSPS) is 18.0. The van der Waals surface area contributed by atoms with Crippen LogP contribution in [0.15, 0.2) is 28.8 Å². The summed E-state index contributed by atoms with van der Waals surface area (Å²) in [5.74, 6) is 0.0786. The minimum atomic E-state index is -0.476. The number of nitrogens with zero attached hydrogens (tertiary/aromatic N) is 2. The molecule has 4 nitrogen and oxygen atoms in total. The molecule has 0 aliphatic carbocycles. The first-order valence-corrected chi connectivity index (χ1v) is 7.64. The monoisotopic (exact) mass is 302 g/mol. The molecule has 0 unspecified atom stereocenters. The largest absolute Gasteiger partial charge is 0.361 e. The van der Waals surface area contributed by atoms with E-state index in [1.165, 1.54) is 12.1 Å². The Hall–Kier alpha value is -2.17. The number of hydrogen-bond donors (Lipinski definition) is 0. The Morgan fingerprint density at radius 1 is 1.45 bits per heavy atom. The fourth-order valence-corrected chi connectivity index (χ4v) is 3.20. The van der Waals surface area contributed by atoms with Gasteiger partial charge in [0.05, 0.1) is 17.3 Å². The fourth-order valence-electron chi connectivity index (χ4n) is 3.20. The highest BCUT2D eigenvalue weighted by Gasteiger charge is 2.35. The number of carbonyl (C=O) groups is 1. The average Bonchev–Trinajstić information content (AvgIpc) is 3.12. The van der Waals surface area contributed by atoms with Crippen molar-refractivity contribution in [1.82, 2.24) is 10.1 Å². The number of amides is 1. The summed E-state index contributed by atoms with van der Waals surface area (Å²) in [7, 11) is 0. The lowest BCUT2D eigenvalue weighted by atomic mass is 10.0. The van der Waals surface area contributed by atoms with Crippen molar-refractivity contribution in [3.8, 4) is 0 Å². The second kappa shape index (κ2) is 5.91. The molecule has 2 aromatic rings. The lowest BCUT2D eigenvalue weighted by Gasteiger charge is -2.25. The van der Waals surface area contributed by atoms with E-state index in [2.05, 4.69) is 5.16 Å². The molecule has 1 aliphatic heterocycles. The summed E-state index contributed by atoms with van der Waals surface area (Å²) in [5.41, 5.74) is 1.93. The van der Waals surface area contributed by atoms with Crippen molar-refractivity contribution < 1.29 is 13.7 Å². The first-order valence-electron chi connectivity index (χ1n) is 7.64. The molecule has 2 heterocycles. The molecule has 1 amide bonds. The van der Waals surface area contributed by atoms with E-state index in [0.29, 0.717) is 6.54 Å².